The molecule has 0 radical (unpaired) electrons. The SMILES string of the molecule is CN1CCN(c2nc(-c3ccnc(F)c3)nc(Cl)c2Cl)CC(F)(F)C1.Fc1cc(-c2nc(Cl)c(Cl)c(N3CCNCC(F)(F)C3)n2)ccn1. The van der Waals surface area contributed by atoms with Crippen LogP contribution in [0.2, 0.25) is 20.4 Å². The molecule has 1 N–H and O–H groups in total. The highest BCUT2D eigenvalue weighted by Crippen LogP contribution is 2.36. The molecule has 4 aromatic rings. The molecular weight excluding hydrogens is 744 g/mol. The Hall–Kier alpha value is -3.28. The average Bonchev–Trinajstić information content (AvgIpc) is 3.30. The lowest BCUT2D eigenvalue weighted by Crippen LogP contribution is -2.39. The molecule has 0 unspecified atom stereocenters. The van der Waals surface area contributed by atoms with Gasteiger partial charge in [-0.3, -0.25) is 4.90 Å². The molecule has 2 aliphatic heterocycles. The Kier molecular flexibility index (Phi) is 11.6. The summed E-state index contributed by atoms with van der Waals surface area (Å²) < 4.78 is 82.5. The van der Waals surface area contributed by atoms with E-state index in [1.54, 1.807) is 7.05 Å². The van der Waals surface area contributed by atoms with Crippen molar-refractivity contribution < 1.29 is 26.3 Å². The number of hydrogen-bond donors (Lipinski definition) is 1. The summed E-state index contributed by atoms with van der Waals surface area (Å²) in [5.74, 6) is -6.94. The zero-order chi connectivity index (χ0) is 35.5. The molecule has 2 fully saturated rings. The third kappa shape index (κ3) is 9.49. The van der Waals surface area contributed by atoms with E-state index in [2.05, 4.69) is 35.2 Å². The lowest BCUT2D eigenvalue weighted by molar-refractivity contribution is -0.00947. The van der Waals surface area contributed by atoms with Gasteiger partial charge in [0.2, 0.25) is 11.9 Å². The number of likely N-dealkylation sites (N-methyl/N-ethyl adjacent to an activating group) is 1. The van der Waals surface area contributed by atoms with Crippen LogP contribution in [-0.4, -0.2) is 106 Å². The van der Waals surface area contributed by atoms with Gasteiger partial charge in [-0.05, 0) is 19.2 Å². The van der Waals surface area contributed by atoms with Crippen LogP contribution in [0.4, 0.5) is 38.0 Å². The maximum atomic E-state index is 14.1. The predicted molar refractivity (Wildman–Crippen MR) is 175 cm³/mol. The molecule has 49 heavy (non-hydrogen) atoms. The molecule has 2 aliphatic rings. The van der Waals surface area contributed by atoms with Crippen molar-refractivity contribution in [2.45, 2.75) is 11.8 Å². The summed E-state index contributed by atoms with van der Waals surface area (Å²) in [6.45, 7) is -0.577. The van der Waals surface area contributed by atoms with Gasteiger partial charge in [-0.25, -0.2) is 47.5 Å². The smallest absolute Gasteiger partial charge is 0.277 e. The van der Waals surface area contributed by atoms with Crippen molar-refractivity contribution >= 4 is 58.0 Å². The first-order chi connectivity index (χ1) is 23.1. The quantitative estimate of drug-likeness (QED) is 0.143. The summed E-state index contributed by atoms with van der Waals surface area (Å²) in [7, 11) is 1.62. The highest BCUT2D eigenvalue weighted by molar-refractivity contribution is 6.43. The number of nitrogens with zero attached hydrogens (tertiary/aromatic N) is 9. The fraction of sp³-hybridized carbons (Fsp3) is 0.379. The average molecular weight is 770 g/mol. The standard InChI is InChI=1S/C15H14Cl2F3N5.C14H12Cl2F3N5/c1-24-4-5-25(8-15(19,20)7-24)14-11(16)12(17)22-13(23-14)9-2-3-21-10(18)6-9;15-10-11(16)22-12(8-1-2-21-9(17)5-8)23-13(10)24-4-3-20-6-14(18,19)7-24/h2-3,6H,4-5,7-8H2,1H3;1-2,5,20H,3-4,6-7H2. The maximum absolute atomic E-state index is 14.1. The van der Waals surface area contributed by atoms with Gasteiger partial charge in [0.25, 0.3) is 11.8 Å². The third-order valence-electron chi connectivity index (χ3n) is 7.19. The minimum absolute atomic E-state index is 0.0136. The van der Waals surface area contributed by atoms with E-state index in [-0.39, 0.29) is 56.7 Å². The minimum atomic E-state index is -2.94. The highest BCUT2D eigenvalue weighted by Gasteiger charge is 2.38. The van der Waals surface area contributed by atoms with Crippen molar-refractivity contribution in [1.82, 2.24) is 40.1 Å². The second-order valence-electron chi connectivity index (χ2n) is 11.2. The topological polar surface area (TPSA) is 99.1 Å². The molecule has 20 heteroatoms. The normalized spacial score (nSPS) is 17.9. The van der Waals surface area contributed by atoms with Crippen LogP contribution in [0.1, 0.15) is 0 Å². The minimum Gasteiger partial charge on any atom is -0.348 e. The van der Waals surface area contributed by atoms with Crippen molar-refractivity contribution in [1.29, 1.82) is 0 Å². The van der Waals surface area contributed by atoms with Crippen LogP contribution in [0.3, 0.4) is 0 Å². The van der Waals surface area contributed by atoms with Gasteiger partial charge < -0.3 is 15.1 Å². The van der Waals surface area contributed by atoms with Crippen LogP contribution >= 0.6 is 46.4 Å². The summed E-state index contributed by atoms with van der Waals surface area (Å²) in [4.78, 5) is 27.7. The predicted octanol–water partition coefficient (Wildman–Crippen LogP) is 6.40. The van der Waals surface area contributed by atoms with E-state index < -0.39 is 43.4 Å². The summed E-state index contributed by atoms with van der Waals surface area (Å²) in [5, 5.41) is 2.45. The summed E-state index contributed by atoms with van der Waals surface area (Å²) in [6, 6.07) is 5.25. The van der Waals surface area contributed by atoms with Crippen LogP contribution in [0.15, 0.2) is 36.7 Å². The highest BCUT2D eigenvalue weighted by atomic mass is 35.5. The molecule has 0 aromatic carbocycles. The Balaban J connectivity index is 0.000000191. The lowest BCUT2D eigenvalue weighted by atomic mass is 10.2. The van der Waals surface area contributed by atoms with Crippen LogP contribution in [0.5, 0.6) is 0 Å². The van der Waals surface area contributed by atoms with Crippen LogP contribution in [0.25, 0.3) is 22.8 Å². The first-order valence-corrected chi connectivity index (χ1v) is 16.0. The number of hydrogen-bond acceptors (Lipinski definition) is 10. The summed E-state index contributed by atoms with van der Waals surface area (Å²) in [6.07, 6.45) is 2.51. The molecule has 4 aromatic heterocycles. The fourth-order valence-corrected chi connectivity index (χ4v) is 5.75. The molecule has 6 heterocycles. The zero-order valence-electron chi connectivity index (χ0n) is 25.4. The van der Waals surface area contributed by atoms with E-state index >= 15 is 0 Å². The van der Waals surface area contributed by atoms with Crippen molar-refractivity contribution in [3.8, 4) is 22.8 Å². The Morgan fingerprint density at radius 1 is 0.673 bits per heavy atom. The number of aromatic nitrogens is 6. The first-order valence-electron chi connectivity index (χ1n) is 14.5. The second kappa shape index (κ2) is 15.3. The van der Waals surface area contributed by atoms with Crippen molar-refractivity contribution in [2.24, 2.45) is 0 Å². The van der Waals surface area contributed by atoms with Gasteiger partial charge in [-0.2, -0.15) is 8.78 Å². The van der Waals surface area contributed by atoms with Gasteiger partial charge in [0.15, 0.2) is 33.6 Å². The van der Waals surface area contributed by atoms with Gasteiger partial charge in [0.05, 0.1) is 26.2 Å². The molecule has 0 atom stereocenters. The molecule has 2 saturated heterocycles. The van der Waals surface area contributed by atoms with Crippen molar-refractivity contribution in [2.75, 3.05) is 69.2 Å². The molecule has 6 rings (SSSR count). The molecule has 0 spiro atoms. The molecule has 262 valence electrons. The monoisotopic (exact) mass is 768 g/mol. The van der Waals surface area contributed by atoms with Gasteiger partial charge in [0, 0.05) is 61.8 Å². The van der Waals surface area contributed by atoms with Gasteiger partial charge in [-0.1, -0.05) is 46.4 Å². The maximum Gasteiger partial charge on any atom is 0.277 e. The van der Waals surface area contributed by atoms with Crippen LogP contribution in [-0.2, 0) is 0 Å². The number of nitrogens with one attached hydrogen (secondary N) is 1. The van der Waals surface area contributed by atoms with Crippen molar-refractivity contribution in [3.63, 3.8) is 0 Å². The lowest BCUT2D eigenvalue weighted by Gasteiger charge is -2.25. The third-order valence-corrected chi connectivity index (χ3v) is 8.63. The molecule has 0 saturated carbocycles. The second-order valence-corrected chi connectivity index (χ2v) is 12.6. The number of rotatable bonds is 4. The van der Waals surface area contributed by atoms with E-state index in [4.69, 9.17) is 46.4 Å². The van der Waals surface area contributed by atoms with E-state index in [0.717, 1.165) is 12.1 Å². The van der Waals surface area contributed by atoms with E-state index in [1.807, 2.05) is 0 Å². The first kappa shape index (κ1) is 37.0. The molecule has 0 amide bonds. The Morgan fingerprint density at radius 3 is 1.67 bits per heavy atom. The van der Waals surface area contributed by atoms with Crippen LogP contribution in [0, 0.1) is 11.9 Å². The van der Waals surface area contributed by atoms with Gasteiger partial charge >= 0.3 is 0 Å². The number of halogens is 10. The Labute approximate surface area is 296 Å². The van der Waals surface area contributed by atoms with E-state index in [0.29, 0.717) is 30.8 Å². The fourth-order valence-electron chi connectivity index (χ4n) is 5.01. The van der Waals surface area contributed by atoms with Gasteiger partial charge in [-0.15, -0.1) is 0 Å². The van der Waals surface area contributed by atoms with Crippen molar-refractivity contribution in [3.05, 3.63) is 68.9 Å². The molecule has 10 nitrogen and oxygen atoms in total. The molecule has 0 aliphatic carbocycles. The van der Waals surface area contributed by atoms with E-state index in [1.165, 1.54) is 39.2 Å². The summed E-state index contributed by atoms with van der Waals surface area (Å²) in [5.41, 5.74) is 0.646. The Morgan fingerprint density at radius 2 is 1.16 bits per heavy atom. The number of pyridine rings is 2. The summed E-state index contributed by atoms with van der Waals surface area (Å²) >= 11 is 24.3. The molecule has 0 bridgehead atoms. The molecular formula is C29H26Cl4F6N10. The van der Waals surface area contributed by atoms with Gasteiger partial charge in [0.1, 0.15) is 10.0 Å². The van der Waals surface area contributed by atoms with Crippen LogP contribution < -0.4 is 15.1 Å². The number of alkyl halides is 4. The van der Waals surface area contributed by atoms with E-state index in [9.17, 15) is 26.3 Å². The zero-order valence-corrected chi connectivity index (χ0v) is 28.4. The number of anilines is 2. The largest absolute Gasteiger partial charge is 0.348 e. The Bertz CT molecular complexity index is 1810.